The van der Waals surface area contributed by atoms with Crippen LogP contribution in [0, 0.1) is 0 Å². The minimum atomic E-state index is 0.152. The van der Waals surface area contributed by atoms with Gasteiger partial charge in [0.05, 0.1) is 12.1 Å². The lowest BCUT2D eigenvalue weighted by Gasteiger charge is -2.29. The van der Waals surface area contributed by atoms with Gasteiger partial charge in [-0.25, -0.2) is 4.98 Å². The second-order valence-electron chi connectivity index (χ2n) is 7.51. The zero-order valence-corrected chi connectivity index (χ0v) is 17.3. The first-order chi connectivity index (χ1) is 14.2. The van der Waals surface area contributed by atoms with Crippen LogP contribution in [0.15, 0.2) is 60.1 Å². The molecule has 146 valence electrons. The van der Waals surface area contributed by atoms with Crippen LogP contribution < -0.4 is 4.90 Å². The molecule has 5 heteroatoms. The molecule has 1 aliphatic heterocycles. The third-order valence-electron chi connectivity index (χ3n) is 5.68. The first-order valence-electron chi connectivity index (χ1n) is 10.2. The number of hydrogen-bond acceptors (Lipinski definition) is 3. The van der Waals surface area contributed by atoms with Gasteiger partial charge in [0.1, 0.15) is 0 Å². The molecule has 1 aliphatic rings. The molecule has 4 nitrogen and oxygen atoms in total. The van der Waals surface area contributed by atoms with Gasteiger partial charge in [0.25, 0.3) is 0 Å². The Morgan fingerprint density at radius 1 is 1.14 bits per heavy atom. The van der Waals surface area contributed by atoms with Crippen LogP contribution in [0.1, 0.15) is 30.2 Å². The number of anilines is 1. The van der Waals surface area contributed by atoms with E-state index in [-0.39, 0.29) is 5.91 Å². The fourth-order valence-corrected chi connectivity index (χ4v) is 4.92. The van der Waals surface area contributed by atoms with Crippen LogP contribution in [0.25, 0.3) is 16.2 Å². The second-order valence-corrected chi connectivity index (χ2v) is 8.35. The SMILES string of the molecule is CCc1ccc(-c2cn3c(CC(=O)N4CCCc5ccccc54)csc3n2)cc1. The molecule has 5 rings (SSSR count). The number of imidazole rings is 1. The normalized spacial score (nSPS) is 13.6. The lowest BCUT2D eigenvalue weighted by molar-refractivity contribution is -0.118. The number of para-hydroxylation sites is 1. The molecule has 1 amide bonds. The molecule has 4 aromatic rings. The highest BCUT2D eigenvalue weighted by molar-refractivity contribution is 7.15. The topological polar surface area (TPSA) is 37.6 Å². The summed E-state index contributed by atoms with van der Waals surface area (Å²) in [5, 5.41) is 2.06. The standard InChI is InChI=1S/C24H23N3OS/c1-2-17-9-11-18(12-10-17)21-15-27-20(16-29-24(27)25-21)14-23(28)26-13-5-7-19-6-3-4-8-22(19)26/h3-4,6,8-12,15-16H,2,5,7,13-14H2,1H3. The Balaban J connectivity index is 1.41. The van der Waals surface area contributed by atoms with Gasteiger partial charge in [-0.05, 0) is 36.5 Å². The third kappa shape index (κ3) is 3.36. The summed E-state index contributed by atoms with van der Waals surface area (Å²) < 4.78 is 2.07. The molecule has 0 aliphatic carbocycles. The zero-order chi connectivity index (χ0) is 19.8. The number of aromatic nitrogens is 2. The number of nitrogens with zero attached hydrogens (tertiary/aromatic N) is 3. The van der Waals surface area contributed by atoms with Crippen molar-refractivity contribution in [1.82, 2.24) is 9.38 Å². The van der Waals surface area contributed by atoms with E-state index in [9.17, 15) is 4.79 Å². The van der Waals surface area contributed by atoms with Crippen molar-refractivity contribution >= 4 is 27.9 Å². The maximum Gasteiger partial charge on any atom is 0.232 e. The highest BCUT2D eigenvalue weighted by Crippen LogP contribution is 2.28. The minimum Gasteiger partial charge on any atom is -0.312 e. The van der Waals surface area contributed by atoms with E-state index in [2.05, 4.69) is 65.4 Å². The average molecular weight is 402 g/mol. The molecule has 0 atom stereocenters. The van der Waals surface area contributed by atoms with Gasteiger partial charge in [-0.3, -0.25) is 9.20 Å². The third-order valence-corrected chi connectivity index (χ3v) is 6.57. The summed E-state index contributed by atoms with van der Waals surface area (Å²) in [5.41, 5.74) is 6.72. The van der Waals surface area contributed by atoms with Crippen molar-refractivity contribution in [2.45, 2.75) is 32.6 Å². The molecule has 2 aromatic heterocycles. The van der Waals surface area contributed by atoms with E-state index in [1.54, 1.807) is 11.3 Å². The van der Waals surface area contributed by atoms with E-state index in [1.807, 2.05) is 11.0 Å². The number of benzene rings is 2. The Bertz CT molecular complexity index is 1170. The van der Waals surface area contributed by atoms with Crippen LogP contribution in [0.4, 0.5) is 5.69 Å². The predicted molar refractivity (Wildman–Crippen MR) is 119 cm³/mol. The Kier molecular flexibility index (Phi) is 4.68. The van der Waals surface area contributed by atoms with Gasteiger partial charge in [-0.1, -0.05) is 49.4 Å². The van der Waals surface area contributed by atoms with Gasteiger partial charge in [0.2, 0.25) is 5.91 Å². The summed E-state index contributed by atoms with van der Waals surface area (Å²) >= 11 is 1.59. The molecule has 0 unspecified atom stereocenters. The summed E-state index contributed by atoms with van der Waals surface area (Å²) in [5.74, 6) is 0.152. The largest absolute Gasteiger partial charge is 0.312 e. The van der Waals surface area contributed by atoms with Gasteiger partial charge < -0.3 is 4.90 Å². The van der Waals surface area contributed by atoms with Crippen molar-refractivity contribution in [1.29, 1.82) is 0 Å². The fraction of sp³-hybridized carbons (Fsp3) is 0.250. The molecule has 0 N–H and O–H groups in total. The van der Waals surface area contributed by atoms with Crippen LogP contribution in [0.2, 0.25) is 0 Å². The molecular weight excluding hydrogens is 378 g/mol. The Morgan fingerprint density at radius 2 is 1.97 bits per heavy atom. The Hall–Kier alpha value is -2.92. The molecule has 0 saturated carbocycles. The monoisotopic (exact) mass is 401 g/mol. The number of fused-ring (bicyclic) bond motifs is 2. The zero-order valence-electron chi connectivity index (χ0n) is 16.5. The summed E-state index contributed by atoms with van der Waals surface area (Å²) in [4.78, 5) is 20.8. The summed E-state index contributed by atoms with van der Waals surface area (Å²) in [6.45, 7) is 2.95. The van der Waals surface area contributed by atoms with Crippen molar-refractivity contribution in [2.24, 2.45) is 0 Å². The summed E-state index contributed by atoms with van der Waals surface area (Å²) in [6, 6.07) is 16.8. The smallest absolute Gasteiger partial charge is 0.232 e. The van der Waals surface area contributed by atoms with Crippen LogP contribution in [-0.2, 0) is 24.1 Å². The first kappa shape index (κ1) is 18.1. The van der Waals surface area contributed by atoms with E-state index in [0.29, 0.717) is 6.42 Å². The fourth-order valence-electron chi connectivity index (χ4n) is 4.05. The number of amides is 1. The van der Waals surface area contributed by atoms with Crippen molar-refractivity contribution in [3.05, 3.63) is 76.9 Å². The lowest BCUT2D eigenvalue weighted by atomic mass is 10.0. The molecule has 0 saturated heterocycles. The van der Waals surface area contributed by atoms with Gasteiger partial charge in [-0.2, -0.15) is 0 Å². The summed E-state index contributed by atoms with van der Waals surface area (Å²) in [7, 11) is 0. The van der Waals surface area contributed by atoms with Crippen LogP contribution >= 0.6 is 11.3 Å². The number of aryl methyl sites for hydroxylation is 2. The molecule has 3 heterocycles. The van der Waals surface area contributed by atoms with Crippen molar-refractivity contribution in [3.8, 4) is 11.3 Å². The summed E-state index contributed by atoms with van der Waals surface area (Å²) in [6.07, 6.45) is 5.54. The highest BCUT2D eigenvalue weighted by atomic mass is 32.1. The molecule has 0 radical (unpaired) electrons. The van der Waals surface area contributed by atoms with Gasteiger partial charge in [0, 0.05) is 35.1 Å². The van der Waals surface area contributed by atoms with Gasteiger partial charge in [-0.15, -0.1) is 11.3 Å². The van der Waals surface area contributed by atoms with E-state index < -0.39 is 0 Å². The molecule has 2 aromatic carbocycles. The van der Waals surface area contributed by atoms with E-state index in [1.165, 1.54) is 11.1 Å². The average Bonchev–Trinajstić information content (AvgIpc) is 3.35. The number of hydrogen-bond donors (Lipinski definition) is 0. The number of rotatable bonds is 4. The Labute approximate surface area is 174 Å². The second kappa shape index (κ2) is 7.48. The number of thiazole rings is 1. The van der Waals surface area contributed by atoms with Crippen LogP contribution in [-0.4, -0.2) is 21.8 Å². The molecule has 29 heavy (non-hydrogen) atoms. The van der Waals surface area contributed by atoms with Crippen LogP contribution in [0.3, 0.4) is 0 Å². The number of carbonyl (C=O) groups excluding carboxylic acids is 1. The van der Waals surface area contributed by atoms with Crippen molar-refractivity contribution in [2.75, 3.05) is 11.4 Å². The predicted octanol–water partition coefficient (Wildman–Crippen LogP) is 5.15. The maximum absolute atomic E-state index is 13.1. The quantitative estimate of drug-likeness (QED) is 0.474. The van der Waals surface area contributed by atoms with E-state index in [4.69, 9.17) is 4.98 Å². The first-order valence-corrected chi connectivity index (χ1v) is 11.0. The van der Waals surface area contributed by atoms with Crippen molar-refractivity contribution in [3.63, 3.8) is 0 Å². The molecular formula is C24H23N3OS. The van der Waals surface area contributed by atoms with Crippen molar-refractivity contribution < 1.29 is 4.79 Å². The molecule has 0 fully saturated rings. The lowest BCUT2D eigenvalue weighted by Crippen LogP contribution is -2.36. The van der Waals surface area contributed by atoms with E-state index >= 15 is 0 Å². The highest BCUT2D eigenvalue weighted by Gasteiger charge is 2.23. The molecule has 0 spiro atoms. The number of carbonyl (C=O) groups is 1. The molecule has 0 bridgehead atoms. The van der Waals surface area contributed by atoms with Crippen LogP contribution in [0.5, 0.6) is 0 Å². The minimum absolute atomic E-state index is 0.152. The van der Waals surface area contributed by atoms with Gasteiger partial charge in [0.15, 0.2) is 4.96 Å². The van der Waals surface area contributed by atoms with E-state index in [0.717, 1.165) is 53.4 Å². The van der Waals surface area contributed by atoms with Gasteiger partial charge >= 0.3 is 0 Å². The Morgan fingerprint density at radius 3 is 2.79 bits per heavy atom. The maximum atomic E-state index is 13.1.